The van der Waals surface area contributed by atoms with E-state index in [4.69, 9.17) is 11.6 Å². The molecule has 0 amide bonds. The first-order valence-corrected chi connectivity index (χ1v) is 7.71. The summed E-state index contributed by atoms with van der Waals surface area (Å²) in [5.74, 6) is 0. The van der Waals surface area contributed by atoms with Gasteiger partial charge in [0.1, 0.15) is 0 Å². The topological polar surface area (TPSA) is 37.1 Å². The normalized spacial score (nSPS) is 31.9. The minimum atomic E-state index is -3.29. The molecule has 1 heterocycles. The Morgan fingerprint density at radius 1 is 1.06 bits per heavy atom. The third-order valence-corrected chi connectivity index (χ3v) is 5.86. The van der Waals surface area contributed by atoms with E-state index in [1.807, 2.05) is 0 Å². The Kier molecular flexibility index (Phi) is 2.69. The maximum absolute atomic E-state index is 12.4. The molecular weight excluding hydrogens is 258 g/mol. The summed E-state index contributed by atoms with van der Waals surface area (Å²) in [6.07, 6.45) is 4.32. The van der Waals surface area contributed by atoms with Crippen LogP contribution in [0.25, 0.3) is 0 Å². The molecule has 0 bridgehead atoms. The van der Waals surface area contributed by atoms with Crippen LogP contribution in [-0.4, -0.2) is 24.8 Å². The summed E-state index contributed by atoms with van der Waals surface area (Å²) < 4.78 is 26.4. The van der Waals surface area contributed by atoms with Gasteiger partial charge < -0.3 is 0 Å². The highest BCUT2D eigenvalue weighted by Gasteiger charge is 2.55. The lowest BCUT2D eigenvalue weighted by molar-refractivity contribution is 0.545. The minimum Gasteiger partial charge on any atom is -0.207 e. The molecule has 1 aromatic rings. The van der Waals surface area contributed by atoms with E-state index in [0.29, 0.717) is 9.92 Å². The van der Waals surface area contributed by atoms with Crippen LogP contribution >= 0.6 is 11.6 Å². The van der Waals surface area contributed by atoms with Crippen LogP contribution in [0.1, 0.15) is 25.7 Å². The SMILES string of the molecule is O=S(=O)(c1ccc(Cl)cc1)N1[C@@H]2CCCC[C@H]21. The van der Waals surface area contributed by atoms with Crippen LogP contribution in [0.4, 0.5) is 0 Å². The molecule has 2 fully saturated rings. The standard InChI is InChI=1S/C12H14ClNO2S/c13-9-5-7-10(8-6-9)17(15,16)14-11-3-1-2-4-12(11)14/h5-8,11-12H,1-4H2/t11-,12-/m1/s1. The predicted octanol–water partition coefficient (Wildman–Crippen LogP) is 2.66. The summed E-state index contributed by atoms with van der Waals surface area (Å²) in [5, 5.41) is 0.562. The summed E-state index contributed by atoms with van der Waals surface area (Å²) in [7, 11) is -3.29. The minimum absolute atomic E-state index is 0.254. The first-order valence-electron chi connectivity index (χ1n) is 5.90. The molecule has 1 aliphatic carbocycles. The van der Waals surface area contributed by atoms with Crippen molar-refractivity contribution in [1.82, 2.24) is 4.31 Å². The quantitative estimate of drug-likeness (QED) is 0.776. The average Bonchev–Trinajstić information content (AvgIpc) is 3.04. The smallest absolute Gasteiger partial charge is 0.207 e. The molecule has 3 rings (SSSR count). The second-order valence-corrected chi connectivity index (χ2v) is 6.99. The number of benzene rings is 1. The zero-order chi connectivity index (χ0) is 12.0. The summed E-state index contributed by atoms with van der Waals surface area (Å²) >= 11 is 5.77. The molecule has 1 saturated carbocycles. The van der Waals surface area contributed by atoms with E-state index < -0.39 is 10.0 Å². The van der Waals surface area contributed by atoms with Gasteiger partial charge in [0.2, 0.25) is 10.0 Å². The van der Waals surface area contributed by atoms with Crippen LogP contribution < -0.4 is 0 Å². The molecule has 2 aliphatic rings. The van der Waals surface area contributed by atoms with Gasteiger partial charge in [0.15, 0.2) is 0 Å². The summed E-state index contributed by atoms with van der Waals surface area (Å²) in [6, 6.07) is 6.93. The van der Waals surface area contributed by atoms with Gasteiger partial charge in [0, 0.05) is 17.1 Å². The summed E-state index contributed by atoms with van der Waals surface area (Å²) in [4.78, 5) is 0.358. The van der Waals surface area contributed by atoms with Crippen LogP contribution in [0.15, 0.2) is 29.2 Å². The van der Waals surface area contributed by atoms with Crippen molar-refractivity contribution in [3.05, 3.63) is 29.3 Å². The monoisotopic (exact) mass is 271 g/mol. The molecule has 0 spiro atoms. The van der Waals surface area contributed by atoms with Gasteiger partial charge in [-0.05, 0) is 37.1 Å². The predicted molar refractivity (Wildman–Crippen MR) is 66.5 cm³/mol. The molecule has 1 aromatic carbocycles. The summed E-state index contributed by atoms with van der Waals surface area (Å²) in [5.41, 5.74) is 0. The van der Waals surface area contributed by atoms with E-state index in [-0.39, 0.29) is 12.1 Å². The van der Waals surface area contributed by atoms with Crippen LogP contribution in [-0.2, 0) is 10.0 Å². The van der Waals surface area contributed by atoms with Crippen molar-refractivity contribution in [3.63, 3.8) is 0 Å². The number of nitrogens with zero attached hydrogens (tertiary/aromatic N) is 1. The number of rotatable bonds is 2. The van der Waals surface area contributed by atoms with Crippen molar-refractivity contribution in [3.8, 4) is 0 Å². The second kappa shape index (κ2) is 3.97. The Morgan fingerprint density at radius 3 is 2.12 bits per heavy atom. The first-order chi connectivity index (χ1) is 8.10. The number of sulfonamides is 1. The van der Waals surface area contributed by atoms with Crippen LogP contribution in [0.2, 0.25) is 5.02 Å². The number of hydrogen-bond donors (Lipinski definition) is 0. The van der Waals surface area contributed by atoms with Crippen molar-refractivity contribution in [2.24, 2.45) is 0 Å². The molecule has 1 saturated heterocycles. The fourth-order valence-corrected chi connectivity index (χ4v) is 4.74. The van der Waals surface area contributed by atoms with Gasteiger partial charge in [-0.1, -0.05) is 24.4 Å². The van der Waals surface area contributed by atoms with E-state index in [1.54, 1.807) is 28.6 Å². The molecule has 0 unspecified atom stereocenters. The molecule has 2 atom stereocenters. The van der Waals surface area contributed by atoms with Crippen molar-refractivity contribution in [1.29, 1.82) is 0 Å². The van der Waals surface area contributed by atoms with Crippen LogP contribution in [0.3, 0.4) is 0 Å². The zero-order valence-corrected chi connectivity index (χ0v) is 10.9. The Labute approximate surface area is 106 Å². The first kappa shape index (κ1) is 11.5. The van der Waals surface area contributed by atoms with Gasteiger partial charge in [-0.2, -0.15) is 4.31 Å². The molecule has 5 heteroatoms. The molecule has 0 radical (unpaired) electrons. The van der Waals surface area contributed by atoms with Gasteiger partial charge in [0.05, 0.1) is 4.90 Å². The molecule has 3 nitrogen and oxygen atoms in total. The van der Waals surface area contributed by atoms with Crippen molar-refractivity contribution in [2.45, 2.75) is 42.7 Å². The van der Waals surface area contributed by atoms with Gasteiger partial charge in [0.25, 0.3) is 0 Å². The van der Waals surface area contributed by atoms with Crippen molar-refractivity contribution < 1.29 is 8.42 Å². The molecule has 17 heavy (non-hydrogen) atoms. The maximum atomic E-state index is 12.4. The maximum Gasteiger partial charge on any atom is 0.243 e. The fraction of sp³-hybridized carbons (Fsp3) is 0.500. The molecular formula is C12H14ClNO2S. The van der Waals surface area contributed by atoms with E-state index in [1.165, 1.54) is 0 Å². The molecule has 92 valence electrons. The largest absolute Gasteiger partial charge is 0.243 e. The van der Waals surface area contributed by atoms with E-state index in [9.17, 15) is 8.42 Å². The molecule has 0 aromatic heterocycles. The molecule has 1 aliphatic heterocycles. The Balaban J connectivity index is 1.89. The lowest BCUT2D eigenvalue weighted by atomic mass is 10.0. The number of hydrogen-bond acceptors (Lipinski definition) is 2. The third-order valence-electron chi connectivity index (χ3n) is 3.65. The molecule has 0 N–H and O–H groups in total. The highest BCUT2D eigenvalue weighted by molar-refractivity contribution is 7.89. The van der Waals surface area contributed by atoms with Crippen LogP contribution in [0.5, 0.6) is 0 Å². The summed E-state index contributed by atoms with van der Waals surface area (Å²) in [6.45, 7) is 0. The van der Waals surface area contributed by atoms with Crippen LogP contribution in [0, 0.1) is 0 Å². The van der Waals surface area contributed by atoms with Gasteiger partial charge in [-0.25, -0.2) is 8.42 Å². The lowest BCUT2D eigenvalue weighted by Crippen LogP contribution is -2.15. The highest BCUT2D eigenvalue weighted by atomic mass is 35.5. The zero-order valence-electron chi connectivity index (χ0n) is 9.34. The van der Waals surface area contributed by atoms with E-state index in [2.05, 4.69) is 0 Å². The second-order valence-electron chi connectivity index (χ2n) is 4.71. The number of fused-ring (bicyclic) bond motifs is 1. The highest BCUT2D eigenvalue weighted by Crippen LogP contribution is 2.44. The lowest BCUT2D eigenvalue weighted by Gasteiger charge is -2.05. The number of halogens is 1. The van der Waals surface area contributed by atoms with E-state index in [0.717, 1.165) is 25.7 Å². The Morgan fingerprint density at radius 2 is 1.59 bits per heavy atom. The fourth-order valence-electron chi connectivity index (χ4n) is 2.74. The van der Waals surface area contributed by atoms with Gasteiger partial charge in [-0.15, -0.1) is 0 Å². The Hall–Kier alpha value is -0.580. The van der Waals surface area contributed by atoms with E-state index >= 15 is 0 Å². The Bertz CT molecular complexity index is 514. The van der Waals surface area contributed by atoms with Gasteiger partial charge >= 0.3 is 0 Å². The average molecular weight is 272 g/mol. The third kappa shape index (κ3) is 1.88. The van der Waals surface area contributed by atoms with Crippen molar-refractivity contribution >= 4 is 21.6 Å². The van der Waals surface area contributed by atoms with Crippen molar-refractivity contribution in [2.75, 3.05) is 0 Å². The van der Waals surface area contributed by atoms with Gasteiger partial charge in [-0.3, -0.25) is 0 Å².